The van der Waals surface area contributed by atoms with Crippen molar-refractivity contribution in [3.05, 3.63) is 35.9 Å². The first-order chi connectivity index (χ1) is 8.68. The molecule has 1 amide bonds. The summed E-state index contributed by atoms with van der Waals surface area (Å²) in [5.41, 5.74) is 0.693. The first-order valence-corrected chi connectivity index (χ1v) is 6.55. The molecule has 2 rings (SSSR count). The summed E-state index contributed by atoms with van der Waals surface area (Å²) in [5.74, 6) is -0.0387. The van der Waals surface area contributed by atoms with Gasteiger partial charge < -0.3 is 4.90 Å². The topological polar surface area (TPSA) is 37.4 Å². The molecule has 96 valence electrons. The van der Waals surface area contributed by atoms with E-state index >= 15 is 0 Å². The molecule has 0 radical (unpaired) electrons. The Morgan fingerprint density at radius 3 is 2.39 bits per heavy atom. The first kappa shape index (κ1) is 12.8. The normalized spacial score (nSPS) is 16.6. The molecule has 18 heavy (non-hydrogen) atoms. The van der Waals surface area contributed by atoms with Crippen LogP contribution in [0.5, 0.6) is 0 Å². The van der Waals surface area contributed by atoms with Crippen molar-refractivity contribution in [1.82, 2.24) is 4.90 Å². The highest BCUT2D eigenvalue weighted by molar-refractivity contribution is 5.98. The molecule has 1 aromatic rings. The molecule has 0 aromatic heterocycles. The van der Waals surface area contributed by atoms with Crippen LogP contribution in [0.15, 0.2) is 30.3 Å². The number of Topliss-reactive ketones (excluding diaryl/α,β-unsaturated/α-hetero) is 1. The second kappa shape index (κ2) is 5.80. The van der Waals surface area contributed by atoms with Gasteiger partial charge in [0.25, 0.3) is 0 Å². The van der Waals surface area contributed by atoms with Crippen molar-refractivity contribution in [1.29, 1.82) is 0 Å². The van der Waals surface area contributed by atoms with Crippen LogP contribution in [0, 0.1) is 5.92 Å². The van der Waals surface area contributed by atoms with E-state index in [2.05, 4.69) is 0 Å². The highest BCUT2D eigenvalue weighted by Crippen LogP contribution is 2.16. The number of nitrogens with zero attached hydrogens (tertiary/aromatic N) is 1. The zero-order chi connectivity index (χ0) is 13.0. The van der Waals surface area contributed by atoms with Gasteiger partial charge in [0.15, 0.2) is 5.78 Å². The number of rotatable bonds is 4. The number of amides is 1. The standard InChI is InChI=1S/C15H19NO2/c1-12(15(18)16-9-5-6-10-16)11-14(17)13-7-3-2-4-8-13/h2-4,7-8,12H,5-6,9-11H2,1H3. The molecular formula is C15H19NO2. The number of carbonyl (C=O) groups excluding carboxylic acids is 2. The third-order valence-electron chi connectivity index (χ3n) is 3.43. The summed E-state index contributed by atoms with van der Waals surface area (Å²) in [6.07, 6.45) is 2.48. The van der Waals surface area contributed by atoms with E-state index in [0.717, 1.165) is 25.9 Å². The largest absolute Gasteiger partial charge is 0.342 e. The molecular weight excluding hydrogens is 226 g/mol. The fourth-order valence-electron chi connectivity index (χ4n) is 2.36. The maximum Gasteiger partial charge on any atom is 0.225 e. The van der Waals surface area contributed by atoms with Gasteiger partial charge in [-0.1, -0.05) is 37.3 Å². The molecule has 1 aromatic carbocycles. The Morgan fingerprint density at radius 2 is 1.78 bits per heavy atom. The van der Waals surface area contributed by atoms with Crippen LogP contribution in [0.25, 0.3) is 0 Å². The Balaban J connectivity index is 1.92. The lowest BCUT2D eigenvalue weighted by atomic mass is 9.99. The molecule has 3 heteroatoms. The van der Waals surface area contributed by atoms with Crippen molar-refractivity contribution in [3.8, 4) is 0 Å². The van der Waals surface area contributed by atoms with Gasteiger partial charge in [-0.3, -0.25) is 9.59 Å². The highest BCUT2D eigenvalue weighted by Gasteiger charge is 2.25. The van der Waals surface area contributed by atoms with Gasteiger partial charge in [0.1, 0.15) is 0 Å². The lowest BCUT2D eigenvalue weighted by Crippen LogP contribution is -2.33. The van der Waals surface area contributed by atoms with E-state index < -0.39 is 0 Å². The van der Waals surface area contributed by atoms with Crippen molar-refractivity contribution >= 4 is 11.7 Å². The van der Waals surface area contributed by atoms with Gasteiger partial charge in [0.2, 0.25) is 5.91 Å². The van der Waals surface area contributed by atoms with Crippen molar-refractivity contribution in [3.63, 3.8) is 0 Å². The Bertz CT molecular complexity index is 421. The zero-order valence-electron chi connectivity index (χ0n) is 10.8. The van der Waals surface area contributed by atoms with Crippen molar-refractivity contribution in [2.75, 3.05) is 13.1 Å². The molecule has 1 aliphatic rings. The molecule has 1 fully saturated rings. The second-order valence-electron chi connectivity index (χ2n) is 4.93. The van der Waals surface area contributed by atoms with Crippen LogP contribution < -0.4 is 0 Å². The van der Waals surface area contributed by atoms with Gasteiger partial charge in [-0.15, -0.1) is 0 Å². The van der Waals surface area contributed by atoms with Crippen molar-refractivity contribution in [2.45, 2.75) is 26.2 Å². The summed E-state index contributed by atoms with van der Waals surface area (Å²) in [7, 11) is 0. The molecule has 1 atom stereocenters. The Morgan fingerprint density at radius 1 is 1.17 bits per heavy atom. The quantitative estimate of drug-likeness (QED) is 0.764. The summed E-state index contributed by atoms with van der Waals surface area (Å²) in [4.78, 5) is 26.0. The smallest absolute Gasteiger partial charge is 0.225 e. The molecule has 1 unspecified atom stereocenters. The number of ketones is 1. The number of hydrogen-bond donors (Lipinski definition) is 0. The number of likely N-dealkylation sites (tertiary alicyclic amines) is 1. The van der Waals surface area contributed by atoms with Crippen LogP contribution >= 0.6 is 0 Å². The highest BCUT2D eigenvalue weighted by atomic mass is 16.2. The Kier molecular flexibility index (Phi) is 4.13. The zero-order valence-corrected chi connectivity index (χ0v) is 10.8. The minimum absolute atomic E-state index is 0.0515. The molecule has 0 aliphatic carbocycles. The lowest BCUT2D eigenvalue weighted by Gasteiger charge is -2.19. The van der Waals surface area contributed by atoms with E-state index in [9.17, 15) is 9.59 Å². The van der Waals surface area contributed by atoms with Crippen LogP contribution in [0.1, 0.15) is 36.5 Å². The molecule has 1 aliphatic heterocycles. The lowest BCUT2D eigenvalue weighted by molar-refractivity contribution is -0.133. The van der Waals surface area contributed by atoms with E-state index in [0.29, 0.717) is 12.0 Å². The fraction of sp³-hybridized carbons (Fsp3) is 0.467. The predicted octanol–water partition coefficient (Wildman–Crippen LogP) is 2.52. The third kappa shape index (κ3) is 2.97. The summed E-state index contributed by atoms with van der Waals surface area (Å²) in [5, 5.41) is 0. The summed E-state index contributed by atoms with van der Waals surface area (Å²) in [6, 6.07) is 9.18. The van der Waals surface area contributed by atoms with Gasteiger partial charge in [-0.2, -0.15) is 0 Å². The van der Waals surface area contributed by atoms with E-state index in [4.69, 9.17) is 0 Å². The summed E-state index contributed by atoms with van der Waals surface area (Å²) >= 11 is 0. The fourth-order valence-corrected chi connectivity index (χ4v) is 2.36. The molecule has 1 heterocycles. The second-order valence-corrected chi connectivity index (χ2v) is 4.93. The van der Waals surface area contributed by atoms with Crippen LogP contribution in [-0.2, 0) is 4.79 Å². The maximum atomic E-state index is 12.1. The third-order valence-corrected chi connectivity index (χ3v) is 3.43. The predicted molar refractivity (Wildman–Crippen MR) is 70.4 cm³/mol. The minimum Gasteiger partial charge on any atom is -0.342 e. The first-order valence-electron chi connectivity index (χ1n) is 6.55. The Hall–Kier alpha value is -1.64. The molecule has 1 saturated heterocycles. The summed E-state index contributed by atoms with van der Waals surface area (Å²) in [6.45, 7) is 3.55. The van der Waals surface area contributed by atoms with Crippen molar-refractivity contribution < 1.29 is 9.59 Å². The van der Waals surface area contributed by atoms with Crippen LogP contribution in [0.4, 0.5) is 0 Å². The van der Waals surface area contributed by atoms with Gasteiger partial charge in [0, 0.05) is 31.0 Å². The van der Waals surface area contributed by atoms with Gasteiger partial charge in [-0.25, -0.2) is 0 Å². The van der Waals surface area contributed by atoms with E-state index in [1.54, 1.807) is 12.1 Å². The van der Waals surface area contributed by atoms with Crippen LogP contribution in [0.3, 0.4) is 0 Å². The Labute approximate surface area is 108 Å². The molecule has 0 saturated carbocycles. The number of hydrogen-bond acceptors (Lipinski definition) is 2. The molecule has 3 nitrogen and oxygen atoms in total. The van der Waals surface area contributed by atoms with E-state index in [1.807, 2.05) is 30.0 Å². The number of benzene rings is 1. The van der Waals surface area contributed by atoms with E-state index in [-0.39, 0.29) is 17.6 Å². The maximum absolute atomic E-state index is 12.1. The molecule has 0 N–H and O–H groups in total. The monoisotopic (exact) mass is 245 g/mol. The summed E-state index contributed by atoms with van der Waals surface area (Å²) < 4.78 is 0. The van der Waals surface area contributed by atoms with Crippen LogP contribution in [-0.4, -0.2) is 29.7 Å². The molecule has 0 bridgehead atoms. The van der Waals surface area contributed by atoms with Crippen LogP contribution in [0.2, 0.25) is 0 Å². The number of carbonyl (C=O) groups is 2. The minimum atomic E-state index is -0.212. The SMILES string of the molecule is CC(CC(=O)c1ccccc1)C(=O)N1CCCC1. The van der Waals surface area contributed by atoms with E-state index in [1.165, 1.54) is 0 Å². The molecule has 0 spiro atoms. The van der Waals surface area contributed by atoms with Gasteiger partial charge in [-0.05, 0) is 12.8 Å². The van der Waals surface area contributed by atoms with Gasteiger partial charge >= 0.3 is 0 Å². The van der Waals surface area contributed by atoms with Gasteiger partial charge in [0.05, 0.1) is 0 Å². The van der Waals surface area contributed by atoms with Crippen molar-refractivity contribution in [2.24, 2.45) is 5.92 Å². The average Bonchev–Trinajstić information content (AvgIpc) is 2.92. The average molecular weight is 245 g/mol.